The van der Waals surface area contributed by atoms with Crippen LogP contribution in [0, 0.1) is 5.92 Å². The molecule has 154 valence electrons. The van der Waals surface area contributed by atoms with Crippen LogP contribution in [-0.2, 0) is 0 Å². The fourth-order valence-electron chi connectivity index (χ4n) is 2.30. The van der Waals surface area contributed by atoms with Gasteiger partial charge in [0, 0.05) is 18.5 Å². The lowest BCUT2D eigenvalue weighted by atomic mass is 9.96. The molecule has 1 unspecified atom stereocenters. The number of alkyl halides is 1. The fraction of sp³-hybridized carbons (Fsp3) is 0.474. The molecule has 0 spiro atoms. The topological polar surface area (TPSA) is 133 Å². The largest absolute Gasteiger partial charge is 0.478 e. The van der Waals surface area contributed by atoms with Gasteiger partial charge in [-0.1, -0.05) is 13.8 Å². The normalized spacial score (nSPS) is 11.8. The molecular formula is C19H25ClN2O6. The zero-order valence-corrected chi connectivity index (χ0v) is 16.8. The van der Waals surface area contributed by atoms with Crippen LogP contribution in [0.3, 0.4) is 0 Å². The van der Waals surface area contributed by atoms with E-state index in [1.54, 1.807) is 6.92 Å². The second-order valence-electron chi connectivity index (χ2n) is 6.71. The Labute approximate surface area is 168 Å². The maximum absolute atomic E-state index is 12.7. The van der Waals surface area contributed by atoms with Gasteiger partial charge in [-0.2, -0.15) is 0 Å². The smallest absolute Gasteiger partial charge is 0.336 e. The number of rotatable bonds is 10. The van der Waals surface area contributed by atoms with Crippen molar-refractivity contribution in [1.82, 2.24) is 10.6 Å². The van der Waals surface area contributed by atoms with Gasteiger partial charge in [0.15, 0.2) is 0 Å². The SMILES string of the molecule is CC(C)C(C)NC(=O)c1cc(C(=O)O)c(C(=O)O)cc1C(=O)NCCCCCl. The molecule has 1 aromatic carbocycles. The molecule has 28 heavy (non-hydrogen) atoms. The van der Waals surface area contributed by atoms with Gasteiger partial charge in [-0.25, -0.2) is 9.59 Å². The number of unbranched alkanes of at least 4 members (excludes halogenated alkanes) is 1. The Hall–Kier alpha value is -2.61. The van der Waals surface area contributed by atoms with Gasteiger partial charge < -0.3 is 20.8 Å². The van der Waals surface area contributed by atoms with Crippen molar-refractivity contribution in [1.29, 1.82) is 0 Å². The molecule has 9 heteroatoms. The molecule has 0 radical (unpaired) electrons. The second-order valence-corrected chi connectivity index (χ2v) is 7.09. The summed E-state index contributed by atoms with van der Waals surface area (Å²) < 4.78 is 0. The number of carboxylic acids is 2. The lowest BCUT2D eigenvalue weighted by Gasteiger charge is -2.19. The first-order valence-electron chi connectivity index (χ1n) is 8.89. The minimum absolute atomic E-state index is 0.106. The summed E-state index contributed by atoms with van der Waals surface area (Å²) >= 11 is 5.59. The third kappa shape index (κ3) is 6.23. The second kappa shape index (κ2) is 10.7. The molecule has 8 nitrogen and oxygen atoms in total. The van der Waals surface area contributed by atoms with Crippen molar-refractivity contribution in [2.45, 2.75) is 39.7 Å². The molecule has 0 saturated heterocycles. The molecule has 4 N–H and O–H groups in total. The van der Waals surface area contributed by atoms with Crippen LogP contribution in [0.25, 0.3) is 0 Å². The maximum atomic E-state index is 12.7. The number of amides is 2. The molecule has 0 aliphatic carbocycles. The number of benzene rings is 1. The highest BCUT2D eigenvalue weighted by molar-refractivity contribution is 6.17. The van der Waals surface area contributed by atoms with E-state index in [9.17, 15) is 29.4 Å². The number of carbonyl (C=O) groups excluding carboxylic acids is 2. The van der Waals surface area contributed by atoms with Gasteiger partial charge >= 0.3 is 11.9 Å². The summed E-state index contributed by atoms with van der Waals surface area (Å²) in [6.45, 7) is 5.85. The summed E-state index contributed by atoms with van der Waals surface area (Å²) in [5.41, 5.74) is -1.51. The van der Waals surface area contributed by atoms with E-state index >= 15 is 0 Å². The van der Waals surface area contributed by atoms with E-state index in [0.717, 1.165) is 12.1 Å². The summed E-state index contributed by atoms with van der Waals surface area (Å²) in [4.78, 5) is 48.1. The Morgan fingerprint density at radius 1 is 0.893 bits per heavy atom. The van der Waals surface area contributed by atoms with Crippen molar-refractivity contribution in [3.8, 4) is 0 Å². The Morgan fingerprint density at radius 2 is 1.39 bits per heavy atom. The number of hydrogen-bond acceptors (Lipinski definition) is 4. The van der Waals surface area contributed by atoms with Gasteiger partial charge in [0.05, 0.1) is 22.3 Å². The Morgan fingerprint density at radius 3 is 1.82 bits per heavy atom. The van der Waals surface area contributed by atoms with Crippen molar-refractivity contribution in [2.75, 3.05) is 12.4 Å². The van der Waals surface area contributed by atoms with Crippen LogP contribution in [0.15, 0.2) is 12.1 Å². The summed E-state index contributed by atoms with van der Waals surface area (Å²) in [7, 11) is 0. The number of halogens is 1. The van der Waals surface area contributed by atoms with E-state index in [1.165, 1.54) is 0 Å². The third-order valence-electron chi connectivity index (χ3n) is 4.31. The van der Waals surface area contributed by atoms with Crippen molar-refractivity contribution in [2.24, 2.45) is 5.92 Å². The van der Waals surface area contributed by atoms with Gasteiger partial charge in [-0.3, -0.25) is 9.59 Å². The van der Waals surface area contributed by atoms with Gasteiger partial charge in [-0.15, -0.1) is 11.6 Å². The zero-order valence-electron chi connectivity index (χ0n) is 16.0. The average Bonchev–Trinajstić information content (AvgIpc) is 2.63. The third-order valence-corrected chi connectivity index (χ3v) is 4.58. The molecule has 1 rings (SSSR count). The molecular weight excluding hydrogens is 388 g/mol. The fourth-order valence-corrected chi connectivity index (χ4v) is 2.49. The molecule has 0 heterocycles. The van der Waals surface area contributed by atoms with E-state index in [1.807, 2.05) is 13.8 Å². The molecule has 0 aliphatic heterocycles. The van der Waals surface area contributed by atoms with Crippen LogP contribution >= 0.6 is 11.6 Å². The van der Waals surface area contributed by atoms with E-state index in [-0.39, 0.29) is 29.6 Å². The van der Waals surface area contributed by atoms with Crippen molar-refractivity contribution in [3.05, 3.63) is 34.4 Å². The molecule has 0 aromatic heterocycles. The predicted molar refractivity (Wildman–Crippen MR) is 104 cm³/mol. The Balaban J connectivity index is 3.37. The highest BCUT2D eigenvalue weighted by Crippen LogP contribution is 2.19. The quantitative estimate of drug-likeness (QED) is 0.345. The summed E-state index contributed by atoms with van der Waals surface area (Å²) in [6.07, 6.45) is 1.29. The van der Waals surface area contributed by atoms with Gasteiger partial charge in [-0.05, 0) is 37.8 Å². The molecule has 0 saturated carbocycles. The Bertz CT molecular complexity index is 763. The molecule has 0 bridgehead atoms. The number of carbonyl (C=O) groups is 4. The van der Waals surface area contributed by atoms with E-state index < -0.39 is 34.9 Å². The van der Waals surface area contributed by atoms with E-state index in [4.69, 9.17) is 11.6 Å². The van der Waals surface area contributed by atoms with Crippen molar-refractivity contribution in [3.63, 3.8) is 0 Å². The first-order chi connectivity index (χ1) is 13.1. The standard InChI is InChI=1S/C19H25ClN2O6/c1-10(2)11(3)22-17(24)13-9-15(19(27)28)14(18(25)26)8-12(13)16(23)21-7-5-4-6-20/h8-11H,4-7H2,1-3H3,(H,21,23)(H,22,24)(H,25,26)(H,27,28). The summed E-state index contributed by atoms with van der Waals surface area (Å²) in [6, 6.07) is 1.62. The number of carboxylic acid groups (broad SMARTS) is 2. The van der Waals surface area contributed by atoms with E-state index in [0.29, 0.717) is 18.7 Å². The molecule has 0 aliphatic rings. The number of aromatic carboxylic acids is 2. The van der Waals surface area contributed by atoms with Crippen LogP contribution in [0.1, 0.15) is 75.0 Å². The highest BCUT2D eigenvalue weighted by Gasteiger charge is 2.26. The van der Waals surface area contributed by atoms with Crippen LogP contribution in [0.4, 0.5) is 0 Å². The molecule has 1 atom stereocenters. The summed E-state index contributed by atoms with van der Waals surface area (Å²) in [5, 5.41) is 23.9. The number of nitrogens with one attached hydrogen (secondary N) is 2. The zero-order chi connectivity index (χ0) is 21.4. The summed E-state index contributed by atoms with van der Waals surface area (Å²) in [5.74, 6) is -3.77. The average molecular weight is 413 g/mol. The van der Waals surface area contributed by atoms with Crippen molar-refractivity contribution >= 4 is 35.4 Å². The lowest BCUT2D eigenvalue weighted by molar-refractivity contribution is 0.0651. The van der Waals surface area contributed by atoms with Crippen LogP contribution < -0.4 is 10.6 Å². The minimum atomic E-state index is -1.50. The van der Waals surface area contributed by atoms with Crippen LogP contribution in [0.2, 0.25) is 0 Å². The lowest BCUT2D eigenvalue weighted by Crippen LogP contribution is -2.38. The first-order valence-corrected chi connectivity index (χ1v) is 9.43. The van der Waals surface area contributed by atoms with Gasteiger partial charge in [0.1, 0.15) is 0 Å². The Kier molecular flexibility index (Phi) is 8.91. The number of hydrogen-bond donors (Lipinski definition) is 4. The van der Waals surface area contributed by atoms with Gasteiger partial charge in [0.2, 0.25) is 0 Å². The first kappa shape index (κ1) is 23.4. The van der Waals surface area contributed by atoms with Crippen LogP contribution in [0.5, 0.6) is 0 Å². The van der Waals surface area contributed by atoms with E-state index in [2.05, 4.69) is 10.6 Å². The maximum Gasteiger partial charge on any atom is 0.336 e. The van der Waals surface area contributed by atoms with Gasteiger partial charge in [0.25, 0.3) is 11.8 Å². The van der Waals surface area contributed by atoms with Crippen molar-refractivity contribution < 1.29 is 29.4 Å². The molecule has 0 fully saturated rings. The van der Waals surface area contributed by atoms with Crippen LogP contribution in [-0.4, -0.2) is 52.4 Å². The monoisotopic (exact) mass is 412 g/mol. The highest BCUT2D eigenvalue weighted by atomic mass is 35.5. The molecule has 2 amide bonds. The minimum Gasteiger partial charge on any atom is -0.478 e. The molecule has 1 aromatic rings. The predicted octanol–water partition coefficient (Wildman–Crippen LogP) is 2.61.